The van der Waals surface area contributed by atoms with Crippen molar-refractivity contribution in [1.82, 2.24) is 0 Å². The summed E-state index contributed by atoms with van der Waals surface area (Å²) in [5.74, 6) is -0.306. The van der Waals surface area contributed by atoms with Crippen molar-refractivity contribution in [2.24, 2.45) is 5.73 Å². The number of nitrogens with two attached hydrogens (primary N) is 1. The maximum Gasteiger partial charge on any atom is 0.325 e. The SMILES string of the molecule is CCCCCOC1CCCC(N)(C(=O)OC)C1. The van der Waals surface area contributed by atoms with Crippen LogP contribution in [0.15, 0.2) is 0 Å². The van der Waals surface area contributed by atoms with Gasteiger partial charge in [0.2, 0.25) is 0 Å². The summed E-state index contributed by atoms with van der Waals surface area (Å²) in [6.07, 6.45) is 6.81. The second-order valence-corrected chi connectivity index (χ2v) is 4.94. The summed E-state index contributed by atoms with van der Waals surface area (Å²) >= 11 is 0. The fourth-order valence-electron chi connectivity index (χ4n) is 2.39. The van der Waals surface area contributed by atoms with E-state index in [0.29, 0.717) is 12.8 Å². The summed E-state index contributed by atoms with van der Waals surface area (Å²) < 4.78 is 10.6. The maximum absolute atomic E-state index is 11.6. The van der Waals surface area contributed by atoms with Crippen LogP contribution in [0.5, 0.6) is 0 Å². The number of hydrogen-bond donors (Lipinski definition) is 1. The van der Waals surface area contributed by atoms with Crippen LogP contribution in [-0.2, 0) is 14.3 Å². The first-order chi connectivity index (χ1) is 8.12. The molecule has 4 heteroatoms. The van der Waals surface area contributed by atoms with E-state index in [1.54, 1.807) is 0 Å². The zero-order valence-electron chi connectivity index (χ0n) is 11.0. The molecule has 2 unspecified atom stereocenters. The molecule has 17 heavy (non-hydrogen) atoms. The smallest absolute Gasteiger partial charge is 0.325 e. The van der Waals surface area contributed by atoms with Gasteiger partial charge in [-0.1, -0.05) is 19.8 Å². The number of rotatable bonds is 6. The number of carbonyl (C=O) groups is 1. The van der Waals surface area contributed by atoms with Crippen molar-refractivity contribution in [2.75, 3.05) is 13.7 Å². The Bertz CT molecular complexity index is 245. The van der Waals surface area contributed by atoms with Gasteiger partial charge in [0.25, 0.3) is 0 Å². The topological polar surface area (TPSA) is 61.5 Å². The van der Waals surface area contributed by atoms with Crippen LogP contribution in [0.2, 0.25) is 0 Å². The summed E-state index contributed by atoms with van der Waals surface area (Å²) in [4.78, 5) is 11.6. The van der Waals surface area contributed by atoms with Crippen LogP contribution in [0.4, 0.5) is 0 Å². The Balaban J connectivity index is 2.35. The van der Waals surface area contributed by atoms with E-state index in [1.807, 2.05) is 0 Å². The van der Waals surface area contributed by atoms with E-state index >= 15 is 0 Å². The second kappa shape index (κ2) is 6.97. The fourth-order valence-corrected chi connectivity index (χ4v) is 2.39. The van der Waals surface area contributed by atoms with Gasteiger partial charge in [-0.15, -0.1) is 0 Å². The van der Waals surface area contributed by atoms with Gasteiger partial charge < -0.3 is 15.2 Å². The first-order valence-electron chi connectivity index (χ1n) is 6.61. The molecule has 0 aromatic heterocycles. The molecule has 2 atom stereocenters. The minimum Gasteiger partial charge on any atom is -0.468 e. The molecule has 2 N–H and O–H groups in total. The molecule has 0 aromatic rings. The first kappa shape index (κ1) is 14.5. The molecule has 0 heterocycles. The van der Waals surface area contributed by atoms with Gasteiger partial charge in [-0.05, 0) is 25.7 Å². The van der Waals surface area contributed by atoms with Crippen molar-refractivity contribution in [2.45, 2.75) is 63.5 Å². The average Bonchev–Trinajstić information content (AvgIpc) is 2.34. The molecule has 1 rings (SSSR count). The summed E-state index contributed by atoms with van der Waals surface area (Å²) in [7, 11) is 1.39. The standard InChI is InChI=1S/C13H25NO3/c1-3-4-5-9-17-11-7-6-8-13(14,10-11)12(15)16-2/h11H,3-10,14H2,1-2H3. The van der Waals surface area contributed by atoms with E-state index in [1.165, 1.54) is 20.0 Å². The number of methoxy groups -OCH3 is 1. The van der Waals surface area contributed by atoms with Gasteiger partial charge in [0.05, 0.1) is 13.2 Å². The molecule has 4 nitrogen and oxygen atoms in total. The number of esters is 1. The molecule has 1 aliphatic rings. The van der Waals surface area contributed by atoms with E-state index in [9.17, 15) is 4.79 Å². The van der Waals surface area contributed by atoms with Crippen molar-refractivity contribution in [3.63, 3.8) is 0 Å². The van der Waals surface area contributed by atoms with Gasteiger partial charge in [0, 0.05) is 13.0 Å². The lowest BCUT2D eigenvalue weighted by Gasteiger charge is -2.35. The molecule has 0 saturated heterocycles. The molecule has 0 aromatic carbocycles. The molecule has 0 radical (unpaired) electrons. The molecule has 0 aliphatic heterocycles. The molecule has 1 fully saturated rings. The van der Waals surface area contributed by atoms with Crippen LogP contribution in [0.3, 0.4) is 0 Å². The largest absolute Gasteiger partial charge is 0.468 e. The summed E-state index contributed by atoms with van der Waals surface area (Å²) in [5.41, 5.74) is 5.25. The zero-order chi connectivity index (χ0) is 12.7. The van der Waals surface area contributed by atoms with E-state index in [4.69, 9.17) is 15.2 Å². The minimum atomic E-state index is -0.831. The Labute approximate surface area is 104 Å². The van der Waals surface area contributed by atoms with Gasteiger partial charge in [0.15, 0.2) is 0 Å². The van der Waals surface area contributed by atoms with Crippen LogP contribution < -0.4 is 5.73 Å². The van der Waals surface area contributed by atoms with Crippen molar-refractivity contribution in [3.05, 3.63) is 0 Å². The van der Waals surface area contributed by atoms with Gasteiger partial charge >= 0.3 is 5.97 Å². The lowest BCUT2D eigenvalue weighted by molar-refractivity contribution is -0.150. The molecule has 100 valence electrons. The molecule has 1 saturated carbocycles. The van der Waals surface area contributed by atoms with Crippen LogP contribution >= 0.6 is 0 Å². The monoisotopic (exact) mass is 243 g/mol. The van der Waals surface area contributed by atoms with E-state index in [0.717, 1.165) is 25.9 Å². The fraction of sp³-hybridized carbons (Fsp3) is 0.923. The molecule has 0 bridgehead atoms. The highest BCUT2D eigenvalue weighted by Gasteiger charge is 2.40. The van der Waals surface area contributed by atoms with Crippen LogP contribution in [-0.4, -0.2) is 31.3 Å². The van der Waals surface area contributed by atoms with Gasteiger partial charge in [-0.25, -0.2) is 0 Å². The Morgan fingerprint density at radius 2 is 2.24 bits per heavy atom. The molecular weight excluding hydrogens is 218 g/mol. The van der Waals surface area contributed by atoms with Crippen molar-refractivity contribution < 1.29 is 14.3 Å². The third kappa shape index (κ3) is 4.28. The van der Waals surface area contributed by atoms with Gasteiger partial charge in [-0.2, -0.15) is 0 Å². The van der Waals surface area contributed by atoms with Crippen LogP contribution in [0, 0.1) is 0 Å². The maximum atomic E-state index is 11.6. The minimum absolute atomic E-state index is 0.115. The normalized spacial score (nSPS) is 29.0. The number of carbonyl (C=O) groups excluding carboxylic acids is 1. The summed E-state index contributed by atoms with van der Waals surface area (Å²) in [6.45, 7) is 2.94. The Morgan fingerprint density at radius 3 is 2.88 bits per heavy atom. The molecule has 0 spiro atoms. The predicted molar refractivity (Wildman–Crippen MR) is 66.7 cm³/mol. The van der Waals surface area contributed by atoms with E-state index < -0.39 is 5.54 Å². The first-order valence-corrected chi connectivity index (χ1v) is 6.61. The Morgan fingerprint density at radius 1 is 1.47 bits per heavy atom. The van der Waals surface area contributed by atoms with Crippen LogP contribution in [0.25, 0.3) is 0 Å². The zero-order valence-corrected chi connectivity index (χ0v) is 11.0. The van der Waals surface area contributed by atoms with Gasteiger partial charge in [0.1, 0.15) is 5.54 Å². The lowest BCUT2D eigenvalue weighted by atomic mass is 9.81. The van der Waals surface area contributed by atoms with E-state index in [-0.39, 0.29) is 12.1 Å². The average molecular weight is 243 g/mol. The lowest BCUT2D eigenvalue weighted by Crippen LogP contribution is -2.53. The Hall–Kier alpha value is -0.610. The second-order valence-electron chi connectivity index (χ2n) is 4.94. The highest BCUT2D eigenvalue weighted by atomic mass is 16.5. The number of unbranched alkanes of at least 4 members (excludes halogenated alkanes) is 2. The molecular formula is C13H25NO3. The molecule has 1 aliphatic carbocycles. The van der Waals surface area contributed by atoms with Crippen molar-refractivity contribution in [1.29, 1.82) is 0 Å². The van der Waals surface area contributed by atoms with E-state index in [2.05, 4.69) is 6.92 Å². The Kier molecular flexibility index (Phi) is 5.92. The van der Waals surface area contributed by atoms with Crippen LogP contribution in [0.1, 0.15) is 51.9 Å². The number of hydrogen-bond acceptors (Lipinski definition) is 4. The predicted octanol–water partition coefficient (Wildman–Crippen LogP) is 2.01. The highest BCUT2D eigenvalue weighted by Crippen LogP contribution is 2.29. The van der Waals surface area contributed by atoms with Crippen molar-refractivity contribution >= 4 is 5.97 Å². The van der Waals surface area contributed by atoms with Crippen molar-refractivity contribution in [3.8, 4) is 0 Å². The summed E-state index contributed by atoms with van der Waals surface area (Å²) in [5, 5.41) is 0. The quantitative estimate of drug-likeness (QED) is 0.572. The third-order valence-corrected chi connectivity index (χ3v) is 3.43. The van der Waals surface area contributed by atoms with Gasteiger partial charge in [-0.3, -0.25) is 4.79 Å². The highest BCUT2D eigenvalue weighted by molar-refractivity contribution is 5.80. The molecule has 0 amide bonds. The number of ether oxygens (including phenoxy) is 2. The summed E-state index contributed by atoms with van der Waals surface area (Å²) in [6, 6.07) is 0. The third-order valence-electron chi connectivity index (χ3n) is 3.43.